The molecule has 0 aliphatic carbocycles. The van der Waals surface area contributed by atoms with Crippen molar-refractivity contribution >= 4 is 21.9 Å². The number of hydrogen-bond donors (Lipinski definition) is 0. The predicted octanol–water partition coefficient (Wildman–Crippen LogP) is 3.53. The average molecular weight is 352 g/mol. The minimum absolute atomic E-state index is 0.00921. The Hall–Kier alpha value is -1.75. The second kappa shape index (κ2) is 6.61. The molecule has 0 aliphatic heterocycles. The Morgan fingerprint density at radius 1 is 1.45 bits per heavy atom. The smallest absolute Gasteiger partial charge is 0.462 e. The van der Waals surface area contributed by atoms with E-state index in [0.29, 0.717) is 0 Å². The topological polar surface area (TPSA) is 59.3 Å². The summed E-state index contributed by atoms with van der Waals surface area (Å²) in [6, 6.07) is 3.98. The first-order chi connectivity index (χ1) is 9.32. The van der Waals surface area contributed by atoms with Gasteiger partial charge >= 0.3 is 12.3 Å². The van der Waals surface area contributed by atoms with Crippen LogP contribution in [0.4, 0.5) is 13.2 Å². The molecule has 0 amide bonds. The SMILES string of the molecule is CCOC(=O)c1cc(C#N)cc(CBr)c1OC(F)(F)F. The number of hydrogen-bond acceptors (Lipinski definition) is 4. The number of alkyl halides is 4. The molecule has 8 heteroatoms. The maximum Gasteiger partial charge on any atom is 0.573 e. The van der Waals surface area contributed by atoms with Gasteiger partial charge in [0.25, 0.3) is 0 Å². The summed E-state index contributed by atoms with van der Waals surface area (Å²) >= 11 is 2.99. The predicted molar refractivity (Wildman–Crippen MR) is 66.4 cm³/mol. The van der Waals surface area contributed by atoms with Gasteiger partial charge in [-0.25, -0.2) is 4.79 Å². The molecule has 4 nitrogen and oxygen atoms in total. The summed E-state index contributed by atoms with van der Waals surface area (Å²) in [5.41, 5.74) is -0.362. The summed E-state index contributed by atoms with van der Waals surface area (Å²) in [6.45, 7) is 1.51. The van der Waals surface area contributed by atoms with E-state index < -0.39 is 23.6 Å². The normalized spacial score (nSPS) is 10.8. The van der Waals surface area contributed by atoms with Gasteiger partial charge in [-0.2, -0.15) is 5.26 Å². The van der Waals surface area contributed by atoms with Crippen molar-refractivity contribution in [2.45, 2.75) is 18.6 Å². The molecule has 0 aromatic heterocycles. The number of nitriles is 1. The Morgan fingerprint density at radius 3 is 2.55 bits per heavy atom. The van der Waals surface area contributed by atoms with E-state index in [4.69, 9.17) is 5.26 Å². The van der Waals surface area contributed by atoms with E-state index in [1.165, 1.54) is 13.0 Å². The quantitative estimate of drug-likeness (QED) is 0.615. The Kier molecular flexibility index (Phi) is 5.39. The van der Waals surface area contributed by atoms with Crippen LogP contribution in [-0.2, 0) is 10.1 Å². The maximum atomic E-state index is 12.4. The molecule has 0 heterocycles. The zero-order chi connectivity index (χ0) is 15.3. The van der Waals surface area contributed by atoms with Crippen molar-refractivity contribution in [2.24, 2.45) is 0 Å². The number of esters is 1. The third-order valence-corrected chi connectivity index (χ3v) is 2.76. The number of carbonyl (C=O) groups is 1. The Labute approximate surface area is 121 Å². The molecule has 0 bridgehead atoms. The number of carbonyl (C=O) groups excluding carboxylic acids is 1. The van der Waals surface area contributed by atoms with Crippen molar-refractivity contribution in [3.8, 4) is 11.8 Å². The molecular formula is C12H9BrF3NO3. The van der Waals surface area contributed by atoms with Crippen LogP contribution in [0.25, 0.3) is 0 Å². The van der Waals surface area contributed by atoms with E-state index in [2.05, 4.69) is 25.4 Å². The summed E-state index contributed by atoms with van der Waals surface area (Å²) in [5.74, 6) is -1.64. The van der Waals surface area contributed by atoms with Crippen molar-refractivity contribution in [3.05, 3.63) is 28.8 Å². The first-order valence-corrected chi connectivity index (χ1v) is 6.50. The van der Waals surface area contributed by atoms with Crippen molar-refractivity contribution in [1.29, 1.82) is 5.26 Å². The molecular weight excluding hydrogens is 343 g/mol. The summed E-state index contributed by atoms with van der Waals surface area (Å²) in [7, 11) is 0. The lowest BCUT2D eigenvalue weighted by Crippen LogP contribution is -2.21. The van der Waals surface area contributed by atoms with Crippen LogP contribution in [0.5, 0.6) is 5.75 Å². The summed E-state index contributed by atoms with van der Waals surface area (Å²) in [6.07, 6.45) is -4.95. The van der Waals surface area contributed by atoms with Gasteiger partial charge in [-0.05, 0) is 19.1 Å². The van der Waals surface area contributed by atoms with Gasteiger partial charge in [-0.3, -0.25) is 0 Å². The Morgan fingerprint density at radius 2 is 2.10 bits per heavy atom. The van der Waals surface area contributed by atoms with Crippen LogP contribution in [0.15, 0.2) is 12.1 Å². The van der Waals surface area contributed by atoms with Gasteiger partial charge in [-0.1, -0.05) is 15.9 Å². The highest BCUT2D eigenvalue weighted by atomic mass is 79.9. The average Bonchev–Trinajstić information content (AvgIpc) is 2.37. The second-order valence-electron chi connectivity index (χ2n) is 3.53. The lowest BCUT2D eigenvalue weighted by Gasteiger charge is -2.16. The Balaban J connectivity index is 3.43. The molecule has 108 valence electrons. The molecule has 0 saturated heterocycles. The standard InChI is InChI=1S/C12H9BrF3NO3/c1-2-19-11(18)9-4-7(6-17)3-8(5-13)10(9)20-12(14,15)16/h3-4H,2,5H2,1H3. The lowest BCUT2D eigenvalue weighted by molar-refractivity contribution is -0.275. The summed E-state index contributed by atoms with van der Waals surface area (Å²) in [5, 5.41) is 8.82. The monoisotopic (exact) mass is 351 g/mol. The van der Waals surface area contributed by atoms with E-state index in [1.807, 2.05) is 0 Å². The maximum absolute atomic E-state index is 12.4. The van der Waals surface area contributed by atoms with Gasteiger partial charge in [0.05, 0.1) is 18.2 Å². The number of ether oxygens (including phenoxy) is 2. The van der Waals surface area contributed by atoms with E-state index in [-0.39, 0.29) is 23.1 Å². The minimum Gasteiger partial charge on any atom is -0.462 e. The molecule has 1 aromatic rings. The highest BCUT2D eigenvalue weighted by molar-refractivity contribution is 9.08. The Bertz CT molecular complexity index is 552. The molecule has 0 radical (unpaired) electrons. The lowest BCUT2D eigenvalue weighted by atomic mass is 10.1. The van der Waals surface area contributed by atoms with Crippen molar-refractivity contribution in [1.82, 2.24) is 0 Å². The third-order valence-electron chi connectivity index (χ3n) is 2.15. The van der Waals surface area contributed by atoms with Crippen molar-refractivity contribution < 1.29 is 27.4 Å². The molecule has 0 aliphatic rings. The molecule has 0 saturated carbocycles. The fourth-order valence-corrected chi connectivity index (χ4v) is 1.87. The first-order valence-electron chi connectivity index (χ1n) is 5.38. The molecule has 0 unspecified atom stereocenters. The van der Waals surface area contributed by atoms with Crippen LogP contribution < -0.4 is 4.74 Å². The van der Waals surface area contributed by atoms with E-state index in [0.717, 1.165) is 6.07 Å². The van der Waals surface area contributed by atoms with E-state index in [9.17, 15) is 18.0 Å². The summed E-state index contributed by atoms with van der Waals surface area (Å²) in [4.78, 5) is 11.7. The number of rotatable bonds is 4. The van der Waals surface area contributed by atoms with Gasteiger partial charge < -0.3 is 9.47 Å². The molecule has 1 aromatic carbocycles. The van der Waals surface area contributed by atoms with Gasteiger partial charge in [0.1, 0.15) is 11.3 Å². The van der Waals surface area contributed by atoms with Crippen LogP contribution in [-0.4, -0.2) is 18.9 Å². The molecule has 0 atom stereocenters. The van der Waals surface area contributed by atoms with Crippen LogP contribution in [0, 0.1) is 11.3 Å². The molecule has 0 N–H and O–H groups in total. The van der Waals surface area contributed by atoms with Crippen LogP contribution >= 0.6 is 15.9 Å². The highest BCUT2D eigenvalue weighted by Crippen LogP contribution is 2.33. The highest BCUT2D eigenvalue weighted by Gasteiger charge is 2.34. The van der Waals surface area contributed by atoms with Crippen LogP contribution in [0.2, 0.25) is 0 Å². The van der Waals surface area contributed by atoms with Crippen molar-refractivity contribution in [3.63, 3.8) is 0 Å². The number of benzene rings is 1. The van der Waals surface area contributed by atoms with Gasteiger partial charge in [0, 0.05) is 10.9 Å². The fourth-order valence-electron chi connectivity index (χ4n) is 1.45. The third kappa shape index (κ3) is 4.13. The largest absolute Gasteiger partial charge is 0.573 e. The van der Waals surface area contributed by atoms with Gasteiger partial charge in [0.2, 0.25) is 0 Å². The zero-order valence-electron chi connectivity index (χ0n) is 10.3. The van der Waals surface area contributed by atoms with Crippen LogP contribution in [0.3, 0.4) is 0 Å². The van der Waals surface area contributed by atoms with E-state index in [1.54, 1.807) is 6.07 Å². The molecule has 20 heavy (non-hydrogen) atoms. The molecule has 0 spiro atoms. The van der Waals surface area contributed by atoms with Crippen molar-refractivity contribution in [2.75, 3.05) is 6.61 Å². The van der Waals surface area contributed by atoms with E-state index >= 15 is 0 Å². The summed E-state index contributed by atoms with van der Waals surface area (Å²) < 4.78 is 45.8. The van der Waals surface area contributed by atoms with Crippen LogP contribution in [0.1, 0.15) is 28.4 Å². The molecule has 1 rings (SSSR count). The van der Waals surface area contributed by atoms with Gasteiger partial charge in [0.15, 0.2) is 0 Å². The number of halogens is 4. The number of nitrogens with zero attached hydrogens (tertiary/aromatic N) is 1. The fraction of sp³-hybridized carbons (Fsp3) is 0.333. The minimum atomic E-state index is -4.95. The first kappa shape index (κ1) is 16.3. The molecule has 0 fully saturated rings. The van der Waals surface area contributed by atoms with Gasteiger partial charge in [-0.15, -0.1) is 13.2 Å². The zero-order valence-corrected chi connectivity index (χ0v) is 11.8. The second-order valence-corrected chi connectivity index (χ2v) is 4.09.